The fourth-order valence-electron chi connectivity index (χ4n) is 2.48. The van der Waals surface area contributed by atoms with Crippen molar-refractivity contribution in [3.05, 3.63) is 68.6 Å². The van der Waals surface area contributed by atoms with Crippen molar-refractivity contribution < 1.29 is 0 Å². The average molecular weight is 332 g/mol. The van der Waals surface area contributed by atoms with E-state index in [1.807, 2.05) is 35.9 Å². The fraction of sp³-hybridized carbons (Fsp3) is 0.235. The highest BCUT2D eigenvalue weighted by Crippen LogP contribution is 2.23. The van der Waals surface area contributed by atoms with Crippen LogP contribution < -0.4 is 5.32 Å². The third-order valence-corrected chi connectivity index (χ3v) is 4.92. The summed E-state index contributed by atoms with van der Waals surface area (Å²) in [5.41, 5.74) is 4.34. The SMILES string of the molecule is Cc1nn(Cc2ccccc2Cl)c(C)c1NCc1cccs1. The molecule has 0 radical (unpaired) electrons. The molecule has 0 saturated heterocycles. The smallest absolute Gasteiger partial charge is 0.0828 e. The summed E-state index contributed by atoms with van der Waals surface area (Å²) >= 11 is 8.00. The van der Waals surface area contributed by atoms with Gasteiger partial charge in [0.25, 0.3) is 0 Å². The second-order valence-electron chi connectivity index (χ2n) is 5.23. The van der Waals surface area contributed by atoms with Crippen molar-refractivity contribution in [3.63, 3.8) is 0 Å². The molecule has 0 bridgehead atoms. The molecule has 1 N–H and O–H groups in total. The van der Waals surface area contributed by atoms with Crippen LogP contribution in [0.2, 0.25) is 5.02 Å². The molecule has 0 aliphatic rings. The Balaban J connectivity index is 1.79. The molecule has 0 fully saturated rings. The standard InChI is InChI=1S/C17H18ClN3S/c1-12-17(19-10-15-7-5-9-22-15)13(2)21(20-12)11-14-6-3-4-8-16(14)18/h3-9,19H,10-11H2,1-2H3. The van der Waals surface area contributed by atoms with E-state index in [1.165, 1.54) is 4.88 Å². The van der Waals surface area contributed by atoms with Gasteiger partial charge >= 0.3 is 0 Å². The van der Waals surface area contributed by atoms with Gasteiger partial charge in [-0.15, -0.1) is 11.3 Å². The topological polar surface area (TPSA) is 29.9 Å². The Hall–Kier alpha value is -1.78. The second-order valence-corrected chi connectivity index (χ2v) is 6.67. The monoisotopic (exact) mass is 331 g/mol. The predicted molar refractivity (Wildman–Crippen MR) is 93.9 cm³/mol. The zero-order chi connectivity index (χ0) is 15.5. The van der Waals surface area contributed by atoms with E-state index in [-0.39, 0.29) is 0 Å². The highest BCUT2D eigenvalue weighted by atomic mass is 35.5. The Morgan fingerprint density at radius 3 is 2.73 bits per heavy atom. The minimum atomic E-state index is 0.688. The molecule has 1 aromatic carbocycles. The van der Waals surface area contributed by atoms with Crippen LogP contribution in [0.5, 0.6) is 0 Å². The van der Waals surface area contributed by atoms with Crippen molar-refractivity contribution in [2.75, 3.05) is 5.32 Å². The van der Waals surface area contributed by atoms with Crippen LogP contribution in [0, 0.1) is 13.8 Å². The first kappa shape index (κ1) is 15.1. The van der Waals surface area contributed by atoms with E-state index in [1.54, 1.807) is 11.3 Å². The van der Waals surface area contributed by atoms with E-state index >= 15 is 0 Å². The molecule has 0 amide bonds. The Kier molecular flexibility index (Phi) is 4.50. The first-order valence-electron chi connectivity index (χ1n) is 7.19. The first-order chi connectivity index (χ1) is 10.6. The number of halogens is 1. The molecule has 0 aliphatic carbocycles. The Morgan fingerprint density at radius 2 is 2.00 bits per heavy atom. The number of nitrogens with zero attached hydrogens (tertiary/aromatic N) is 2. The maximum absolute atomic E-state index is 6.25. The molecule has 5 heteroatoms. The quantitative estimate of drug-likeness (QED) is 0.722. The van der Waals surface area contributed by atoms with Gasteiger partial charge in [0.15, 0.2) is 0 Å². The van der Waals surface area contributed by atoms with E-state index in [0.29, 0.717) is 6.54 Å². The van der Waals surface area contributed by atoms with Gasteiger partial charge in [0.2, 0.25) is 0 Å². The van der Waals surface area contributed by atoms with Gasteiger partial charge < -0.3 is 5.32 Å². The second kappa shape index (κ2) is 6.55. The molecular weight excluding hydrogens is 314 g/mol. The van der Waals surface area contributed by atoms with E-state index in [0.717, 1.165) is 34.2 Å². The number of hydrogen-bond acceptors (Lipinski definition) is 3. The van der Waals surface area contributed by atoms with Crippen molar-refractivity contribution in [3.8, 4) is 0 Å². The predicted octanol–water partition coefficient (Wildman–Crippen LogP) is 4.88. The largest absolute Gasteiger partial charge is 0.377 e. The van der Waals surface area contributed by atoms with E-state index in [9.17, 15) is 0 Å². The van der Waals surface area contributed by atoms with Gasteiger partial charge in [0.1, 0.15) is 0 Å². The summed E-state index contributed by atoms with van der Waals surface area (Å²) in [6.45, 7) is 5.64. The molecule has 3 nitrogen and oxygen atoms in total. The maximum atomic E-state index is 6.25. The molecule has 3 aromatic rings. The lowest BCUT2D eigenvalue weighted by Gasteiger charge is -2.08. The highest BCUT2D eigenvalue weighted by Gasteiger charge is 2.12. The lowest BCUT2D eigenvalue weighted by atomic mass is 10.2. The molecule has 0 atom stereocenters. The van der Waals surface area contributed by atoms with E-state index < -0.39 is 0 Å². The van der Waals surface area contributed by atoms with Crippen molar-refractivity contribution in [2.45, 2.75) is 26.9 Å². The van der Waals surface area contributed by atoms with Gasteiger partial charge in [0, 0.05) is 16.4 Å². The number of rotatable bonds is 5. The minimum Gasteiger partial charge on any atom is -0.377 e. The summed E-state index contributed by atoms with van der Waals surface area (Å²) < 4.78 is 2.01. The number of hydrogen-bond donors (Lipinski definition) is 1. The summed E-state index contributed by atoms with van der Waals surface area (Å²) in [7, 11) is 0. The lowest BCUT2D eigenvalue weighted by Crippen LogP contribution is -2.05. The summed E-state index contributed by atoms with van der Waals surface area (Å²) in [5.74, 6) is 0. The molecule has 0 saturated carbocycles. The van der Waals surface area contributed by atoms with Gasteiger partial charge in [-0.05, 0) is 36.9 Å². The van der Waals surface area contributed by atoms with Crippen molar-refractivity contribution >= 4 is 28.6 Å². The van der Waals surface area contributed by atoms with Gasteiger partial charge in [-0.2, -0.15) is 5.10 Å². The number of aromatic nitrogens is 2. The van der Waals surface area contributed by atoms with E-state index in [2.05, 4.69) is 34.9 Å². The van der Waals surface area contributed by atoms with Crippen LogP contribution in [-0.4, -0.2) is 9.78 Å². The van der Waals surface area contributed by atoms with Crippen molar-refractivity contribution in [2.24, 2.45) is 0 Å². The number of anilines is 1. The van der Waals surface area contributed by atoms with Crippen LogP contribution in [-0.2, 0) is 13.1 Å². The molecule has 0 aliphatic heterocycles. The average Bonchev–Trinajstić information content (AvgIpc) is 3.10. The Labute approximate surface area is 139 Å². The zero-order valence-electron chi connectivity index (χ0n) is 12.6. The van der Waals surface area contributed by atoms with Crippen molar-refractivity contribution in [1.29, 1.82) is 0 Å². The Bertz CT molecular complexity index is 762. The zero-order valence-corrected chi connectivity index (χ0v) is 14.2. The summed E-state index contributed by atoms with van der Waals surface area (Å²) in [5, 5.41) is 11.0. The first-order valence-corrected chi connectivity index (χ1v) is 8.44. The normalized spacial score (nSPS) is 10.9. The third kappa shape index (κ3) is 3.18. The molecule has 0 spiro atoms. The van der Waals surface area contributed by atoms with Gasteiger partial charge in [-0.1, -0.05) is 35.9 Å². The van der Waals surface area contributed by atoms with E-state index in [4.69, 9.17) is 11.6 Å². The molecule has 22 heavy (non-hydrogen) atoms. The van der Waals surface area contributed by atoms with Gasteiger partial charge in [0.05, 0.1) is 23.6 Å². The number of benzene rings is 1. The molecule has 2 aromatic heterocycles. The van der Waals surface area contributed by atoms with Crippen LogP contribution in [0.1, 0.15) is 21.8 Å². The van der Waals surface area contributed by atoms with Crippen LogP contribution in [0.3, 0.4) is 0 Å². The highest BCUT2D eigenvalue weighted by molar-refractivity contribution is 7.09. The number of thiophene rings is 1. The van der Waals surface area contributed by atoms with Gasteiger partial charge in [-0.25, -0.2) is 0 Å². The summed E-state index contributed by atoms with van der Waals surface area (Å²) in [6.07, 6.45) is 0. The van der Waals surface area contributed by atoms with Crippen LogP contribution >= 0.6 is 22.9 Å². The molecular formula is C17H18ClN3S. The number of aryl methyl sites for hydroxylation is 1. The fourth-order valence-corrected chi connectivity index (χ4v) is 3.32. The maximum Gasteiger partial charge on any atom is 0.0828 e. The number of nitrogens with one attached hydrogen (secondary N) is 1. The molecule has 114 valence electrons. The Morgan fingerprint density at radius 1 is 1.18 bits per heavy atom. The molecule has 2 heterocycles. The van der Waals surface area contributed by atoms with Crippen LogP contribution in [0.25, 0.3) is 0 Å². The summed E-state index contributed by atoms with van der Waals surface area (Å²) in [6, 6.07) is 12.1. The van der Waals surface area contributed by atoms with Gasteiger partial charge in [-0.3, -0.25) is 4.68 Å². The lowest BCUT2D eigenvalue weighted by molar-refractivity contribution is 0.659. The molecule has 0 unspecified atom stereocenters. The summed E-state index contributed by atoms with van der Waals surface area (Å²) in [4.78, 5) is 1.32. The van der Waals surface area contributed by atoms with Crippen LogP contribution in [0.4, 0.5) is 5.69 Å². The van der Waals surface area contributed by atoms with Crippen LogP contribution in [0.15, 0.2) is 41.8 Å². The van der Waals surface area contributed by atoms with Crippen molar-refractivity contribution in [1.82, 2.24) is 9.78 Å². The molecule has 3 rings (SSSR count). The third-order valence-electron chi connectivity index (χ3n) is 3.68. The minimum absolute atomic E-state index is 0.688.